The van der Waals surface area contributed by atoms with Crippen LogP contribution < -0.4 is 0 Å². The van der Waals surface area contributed by atoms with Gasteiger partial charge in [-0.1, -0.05) is 20.8 Å². The van der Waals surface area contributed by atoms with Gasteiger partial charge in [0.25, 0.3) is 0 Å². The zero-order valence-electron chi connectivity index (χ0n) is 11.7. The molecule has 0 aromatic heterocycles. The molecule has 0 radical (unpaired) electrons. The van der Waals surface area contributed by atoms with Gasteiger partial charge >= 0.3 is 0 Å². The molecule has 1 N–H and O–H groups in total. The molecule has 4 rings (SSSR count). The molecule has 98 valence electrons. The molecule has 0 amide bonds. The van der Waals surface area contributed by atoms with E-state index in [0.29, 0.717) is 16.7 Å². The molecular weight excluding hydrogens is 208 g/mol. The van der Waals surface area contributed by atoms with E-state index in [9.17, 15) is 5.11 Å². The van der Waals surface area contributed by atoms with Crippen LogP contribution in [-0.2, 0) is 0 Å². The van der Waals surface area contributed by atoms with Crippen molar-refractivity contribution in [1.82, 2.24) is 0 Å². The maximum absolute atomic E-state index is 10.7. The highest BCUT2D eigenvalue weighted by Crippen LogP contribution is 2.66. The first kappa shape index (κ1) is 12.0. The predicted molar refractivity (Wildman–Crippen MR) is 70.7 cm³/mol. The quantitative estimate of drug-likeness (QED) is 0.785. The van der Waals surface area contributed by atoms with Gasteiger partial charge in [0.05, 0.1) is 6.10 Å². The lowest BCUT2D eigenvalue weighted by Crippen LogP contribution is -2.55. The Morgan fingerprint density at radius 2 is 1.71 bits per heavy atom. The summed E-state index contributed by atoms with van der Waals surface area (Å²) >= 11 is 0. The van der Waals surface area contributed by atoms with Gasteiger partial charge in [-0.3, -0.25) is 0 Å². The molecule has 4 saturated carbocycles. The minimum absolute atomic E-state index is 0.0345. The zero-order chi connectivity index (χ0) is 12.3. The minimum atomic E-state index is -0.0345. The van der Waals surface area contributed by atoms with Crippen LogP contribution in [0.25, 0.3) is 0 Å². The lowest BCUT2D eigenvalue weighted by Gasteiger charge is -2.63. The first-order valence-electron chi connectivity index (χ1n) is 7.59. The predicted octanol–water partition coefficient (Wildman–Crippen LogP) is 4.00. The normalized spacial score (nSPS) is 49.9. The summed E-state index contributed by atoms with van der Waals surface area (Å²) in [7, 11) is 0. The summed E-state index contributed by atoms with van der Waals surface area (Å²) in [5, 5.41) is 10.7. The molecule has 1 nitrogen and oxygen atoms in total. The lowest BCUT2D eigenvalue weighted by molar-refractivity contribution is -0.156. The van der Waals surface area contributed by atoms with Gasteiger partial charge in [-0.2, -0.15) is 0 Å². The lowest BCUT2D eigenvalue weighted by atomic mass is 9.43. The van der Waals surface area contributed by atoms with E-state index in [1.165, 1.54) is 38.5 Å². The first-order valence-corrected chi connectivity index (χ1v) is 7.59. The van der Waals surface area contributed by atoms with Gasteiger partial charge in [-0.05, 0) is 73.5 Å². The van der Waals surface area contributed by atoms with E-state index in [0.717, 1.165) is 18.3 Å². The smallest absolute Gasteiger partial charge is 0.0599 e. The van der Waals surface area contributed by atoms with Crippen LogP contribution in [0.15, 0.2) is 0 Å². The van der Waals surface area contributed by atoms with Crippen molar-refractivity contribution in [1.29, 1.82) is 0 Å². The van der Waals surface area contributed by atoms with E-state index in [-0.39, 0.29) is 6.10 Å². The summed E-state index contributed by atoms with van der Waals surface area (Å²) in [5.74, 6) is 2.50. The number of aliphatic hydroxyl groups is 1. The average Bonchev–Trinajstić information content (AvgIpc) is 2.11. The Bertz CT molecular complexity index is 293. The molecule has 3 atom stereocenters. The van der Waals surface area contributed by atoms with Gasteiger partial charge in [0, 0.05) is 0 Å². The summed E-state index contributed by atoms with van der Waals surface area (Å²) in [6, 6.07) is 0. The van der Waals surface area contributed by atoms with Crippen molar-refractivity contribution in [3.63, 3.8) is 0 Å². The fourth-order valence-electron chi connectivity index (χ4n) is 5.88. The van der Waals surface area contributed by atoms with Gasteiger partial charge in [0.15, 0.2) is 0 Å². The Labute approximate surface area is 106 Å². The SMILES string of the molecule is CC(C)CC(O)C12CC3CC(CC(C)(C3)C1)C2. The zero-order valence-corrected chi connectivity index (χ0v) is 11.7. The third-order valence-corrected chi connectivity index (χ3v) is 5.80. The van der Waals surface area contributed by atoms with Crippen LogP contribution in [-0.4, -0.2) is 11.2 Å². The summed E-state index contributed by atoms with van der Waals surface area (Å²) in [6.07, 6.45) is 9.29. The summed E-state index contributed by atoms with van der Waals surface area (Å²) in [4.78, 5) is 0. The van der Waals surface area contributed by atoms with E-state index in [1.807, 2.05) is 0 Å². The molecule has 0 aliphatic heterocycles. The molecule has 3 unspecified atom stereocenters. The highest BCUT2D eigenvalue weighted by molar-refractivity contribution is 5.08. The molecular formula is C16H28O. The third kappa shape index (κ3) is 1.95. The van der Waals surface area contributed by atoms with Gasteiger partial charge < -0.3 is 5.11 Å². The molecule has 0 aromatic rings. The van der Waals surface area contributed by atoms with Crippen LogP contribution in [0.4, 0.5) is 0 Å². The van der Waals surface area contributed by atoms with Crippen molar-refractivity contribution in [3.8, 4) is 0 Å². The molecule has 1 heteroatoms. The highest BCUT2D eigenvalue weighted by atomic mass is 16.3. The largest absolute Gasteiger partial charge is 0.393 e. The maximum atomic E-state index is 10.7. The van der Waals surface area contributed by atoms with Crippen LogP contribution in [0.2, 0.25) is 0 Å². The second-order valence-electron chi connectivity index (χ2n) is 8.28. The Balaban J connectivity index is 1.83. The second kappa shape index (κ2) is 3.73. The first-order chi connectivity index (χ1) is 7.91. The summed E-state index contributed by atoms with van der Waals surface area (Å²) < 4.78 is 0. The Morgan fingerprint density at radius 3 is 2.18 bits per heavy atom. The van der Waals surface area contributed by atoms with Gasteiger partial charge in [-0.25, -0.2) is 0 Å². The van der Waals surface area contributed by atoms with Crippen LogP contribution in [0.1, 0.15) is 65.7 Å². The van der Waals surface area contributed by atoms with Crippen molar-refractivity contribution < 1.29 is 5.11 Å². The van der Waals surface area contributed by atoms with Gasteiger partial charge in [0.1, 0.15) is 0 Å². The molecule has 4 bridgehead atoms. The van der Waals surface area contributed by atoms with Gasteiger partial charge in [-0.15, -0.1) is 0 Å². The van der Waals surface area contributed by atoms with Crippen LogP contribution in [0, 0.1) is 28.6 Å². The summed E-state index contributed by atoms with van der Waals surface area (Å²) in [6.45, 7) is 6.97. The van der Waals surface area contributed by atoms with E-state index in [1.54, 1.807) is 0 Å². The number of hydrogen-bond acceptors (Lipinski definition) is 1. The van der Waals surface area contributed by atoms with Crippen LogP contribution >= 0.6 is 0 Å². The fourth-order valence-corrected chi connectivity index (χ4v) is 5.88. The van der Waals surface area contributed by atoms with Crippen molar-refractivity contribution in [3.05, 3.63) is 0 Å². The number of rotatable bonds is 3. The topological polar surface area (TPSA) is 20.2 Å². The fraction of sp³-hybridized carbons (Fsp3) is 1.00. The van der Waals surface area contributed by atoms with E-state index in [4.69, 9.17) is 0 Å². The molecule has 0 heterocycles. The molecule has 17 heavy (non-hydrogen) atoms. The van der Waals surface area contributed by atoms with E-state index in [2.05, 4.69) is 20.8 Å². The number of hydrogen-bond donors (Lipinski definition) is 1. The Morgan fingerprint density at radius 1 is 1.12 bits per heavy atom. The van der Waals surface area contributed by atoms with Crippen molar-refractivity contribution in [2.45, 2.75) is 71.8 Å². The van der Waals surface area contributed by atoms with Gasteiger partial charge in [0.2, 0.25) is 0 Å². The average molecular weight is 236 g/mol. The van der Waals surface area contributed by atoms with E-state index < -0.39 is 0 Å². The molecule has 0 aromatic carbocycles. The Kier molecular flexibility index (Phi) is 2.63. The molecule has 0 saturated heterocycles. The highest BCUT2D eigenvalue weighted by Gasteiger charge is 2.57. The third-order valence-electron chi connectivity index (χ3n) is 5.80. The Hall–Kier alpha value is -0.0400. The second-order valence-corrected chi connectivity index (χ2v) is 8.28. The van der Waals surface area contributed by atoms with E-state index >= 15 is 0 Å². The number of aliphatic hydroxyl groups excluding tert-OH is 1. The van der Waals surface area contributed by atoms with Crippen molar-refractivity contribution in [2.24, 2.45) is 28.6 Å². The molecule has 4 fully saturated rings. The van der Waals surface area contributed by atoms with Crippen molar-refractivity contribution in [2.75, 3.05) is 0 Å². The molecule has 4 aliphatic rings. The maximum Gasteiger partial charge on any atom is 0.0599 e. The minimum Gasteiger partial charge on any atom is -0.393 e. The van der Waals surface area contributed by atoms with Crippen LogP contribution in [0.3, 0.4) is 0 Å². The standard InChI is InChI=1S/C16H28O/c1-11(2)4-14(17)16-8-12-5-13(9-16)7-15(3,6-12)10-16/h11-14,17H,4-10H2,1-3H3. The van der Waals surface area contributed by atoms with Crippen LogP contribution in [0.5, 0.6) is 0 Å². The monoisotopic (exact) mass is 236 g/mol. The molecule has 4 aliphatic carbocycles. The van der Waals surface area contributed by atoms with Crippen molar-refractivity contribution >= 4 is 0 Å². The molecule has 0 spiro atoms. The summed E-state index contributed by atoms with van der Waals surface area (Å²) in [5.41, 5.74) is 0.880.